The van der Waals surface area contributed by atoms with Crippen molar-refractivity contribution in [3.8, 4) is 28.2 Å². The van der Waals surface area contributed by atoms with Crippen LogP contribution in [0.2, 0.25) is 0 Å². The lowest BCUT2D eigenvalue weighted by atomic mass is 9.90. The molecule has 32 heavy (non-hydrogen) atoms. The van der Waals surface area contributed by atoms with Crippen molar-refractivity contribution < 1.29 is 19.4 Å². The largest absolute Gasteiger partial charge is 0.508 e. The molecule has 1 heterocycles. The maximum absolute atomic E-state index is 12.1. The van der Waals surface area contributed by atoms with Crippen LogP contribution >= 0.6 is 12.2 Å². The van der Waals surface area contributed by atoms with Gasteiger partial charge in [0, 0.05) is 47.4 Å². The predicted octanol–water partition coefficient (Wildman–Crippen LogP) is 3.21. The second-order valence-corrected chi connectivity index (χ2v) is 7.46. The molecule has 4 rings (SSSR count). The van der Waals surface area contributed by atoms with Crippen LogP contribution in [0.1, 0.15) is 10.4 Å². The molecule has 0 bridgehead atoms. The van der Waals surface area contributed by atoms with E-state index in [0.717, 1.165) is 0 Å². The van der Waals surface area contributed by atoms with Gasteiger partial charge in [0.1, 0.15) is 17.1 Å². The Kier molecular flexibility index (Phi) is 5.76. The average molecular weight is 449 g/mol. The van der Waals surface area contributed by atoms with Gasteiger partial charge in [-0.2, -0.15) is 0 Å². The molecule has 162 valence electrons. The Labute approximate surface area is 187 Å². The number of rotatable bonds is 5. The minimum absolute atomic E-state index is 0.0185. The van der Waals surface area contributed by atoms with E-state index in [1.807, 2.05) is 0 Å². The highest BCUT2D eigenvalue weighted by molar-refractivity contribution is 7.80. The van der Waals surface area contributed by atoms with Crippen LogP contribution in [0.25, 0.3) is 33.4 Å². The molecule has 6 N–H and O–H groups in total. The molecule has 0 aromatic heterocycles. The number of hydrogen-bond acceptors (Lipinski definition) is 6. The Hall–Kier alpha value is -3.95. The summed E-state index contributed by atoms with van der Waals surface area (Å²) in [5.74, 6) is -0.854. The fraction of sp³-hybridized carbons (Fsp3) is 0.0870. The highest BCUT2D eigenvalue weighted by atomic mass is 32.1. The molecule has 0 atom stereocenters. The zero-order valence-electron chi connectivity index (χ0n) is 16.7. The van der Waals surface area contributed by atoms with Crippen molar-refractivity contribution in [1.29, 1.82) is 0 Å². The van der Waals surface area contributed by atoms with Gasteiger partial charge in [-0.25, -0.2) is 4.79 Å². The Bertz CT molecular complexity index is 1380. The number of anilines is 1. The Balaban J connectivity index is 1.99. The zero-order valence-corrected chi connectivity index (χ0v) is 17.5. The first-order valence-corrected chi connectivity index (χ1v) is 10.1. The number of nitrogens with one attached hydrogen (secondary N) is 2. The number of aromatic hydroxyl groups is 1. The Morgan fingerprint density at radius 3 is 2.62 bits per heavy atom. The smallest absolute Gasteiger partial charge is 0.336 e. The number of hydrogen-bond donors (Lipinski definition) is 5. The summed E-state index contributed by atoms with van der Waals surface area (Å²) in [4.78, 5) is 24.0. The molecule has 0 amide bonds. The van der Waals surface area contributed by atoms with Gasteiger partial charge in [-0.05, 0) is 60.2 Å². The molecule has 0 spiro atoms. The number of carboxylic acids is 1. The molecule has 0 saturated heterocycles. The van der Waals surface area contributed by atoms with E-state index in [9.17, 15) is 19.8 Å². The third-order valence-corrected chi connectivity index (χ3v) is 5.13. The number of aromatic carboxylic acids is 1. The van der Waals surface area contributed by atoms with E-state index in [4.69, 9.17) is 22.4 Å². The van der Waals surface area contributed by atoms with Crippen LogP contribution in [0.3, 0.4) is 0 Å². The summed E-state index contributed by atoms with van der Waals surface area (Å²) in [5, 5.41) is 26.7. The molecule has 9 heteroatoms. The molecule has 8 nitrogen and oxygen atoms in total. The van der Waals surface area contributed by atoms with Gasteiger partial charge in [0.15, 0.2) is 10.5 Å². The Morgan fingerprint density at radius 1 is 1.06 bits per heavy atom. The van der Waals surface area contributed by atoms with Crippen molar-refractivity contribution >= 4 is 40.0 Å². The fourth-order valence-electron chi connectivity index (χ4n) is 3.53. The molecule has 0 radical (unpaired) electrons. The number of phenols is 1. The van der Waals surface area contributed by atoms with Gasteiger partial charge < -0.3 is 31.0 Å². The number of nitrogens with two attached hydrogens (primary N) is 1. The molecule has 2 aromatic carbocycles. The van der Waals surface area contributed by atoms with Crippen LogP contribution in [0.15, 0.2) is 63.8 Å². The summed E-state index contributed by atoms with van der Waals surface area (Å²) < 4.78 is 5.84. The zero-order chi connectivity index (χ0) is 22.8. The van der Waals surface area contributed by atoms with E-state index < -0.39 is 5.97 Å². The third kappa shape index (κ3) is 4.11. The molecular formula is C23H19N3O5S. The van der Waals surface area contributed by atoms with E-state index in [-0.39, 0.29) is 22.5 Å². The monoisotopic (exact) mass is 449 g/mol. The van der Waals surface area contributed by atoms with Crippen molar-refractivity contribution in [1.82, 2.24) is 5.32 Å². The molecule has 0 unspecified atom stereocenters. The van der Waals surface area contributed by atoms with E-state index in [2.05, 4.69) is 10.6 Å². The number of carbonyl (C=O) groups is 1. The van der Waals surface area contributed by atoms with Crippen LogP contribution < -0.4 is 21.8 Å². The maximum Gasteiger partial charge on any atom is 0.336 e. The molecule has 1 aliphatic heterocycles. The van der Waals surface area contributed by atoms with Crippen LogP contribution in [0.5, 0.6) is 5.75 Å². The minimum atomic E-state index is -1.11. The lowest BCUT2D eigenvalue weighted by Gasteiger charge is -2.18. The van der Waals surface area contributed by atoms with Crippen molar-refractivity contribution in [3.05, 3.63) is 70.4 Å². The van der Waals surface area contributed by atoms with Crippen LogP contribution in [-0.2, 0) is 0 Å². The minimum Gasteiger partial charge on any atom is -0.508 e. The van der Waals surface area contributed by atoms with Crippen LogP contribution in [0, 0.1) is 0 Å². The van der Waals surface area contributed by atoms with Gasteiger partial charge in [0.05, 0.1) is 5.56 Å². The van der Waals surface area contributed by atoms with E-state index >= 15 is 0 Å². The first kappa shape index (κ1) is 21.3. The first-order chi connectivity index (χ1) is 15.4. The van der Waals surface area contributed by atoms with Gasteiger partial charge in [0.25, 0.3) is 0 Å². The second kappa shape index (κ2) is 8.66. The first-order valence-electron chi connectivity index (χ1n) is 9.69. The van der Waals surface area contributed by atoms with Crippen molar-refractivity contribution in [2.45, 2.75) is 0 Å². The lowest BCUT2D eigenvalue weighted by molar-refractivity contribution is 0.0697. The van der Waals surface area contributed by atoms with Crippen LogP contribution in [-0.4, -0.2) is 34.4 Å². The molecule has 2 aliphatic rings. The molecular weight excluding hydrogens is 430 g/mol. The van der Waals surface area contributed by atoms with Crippen molar-refractivity contribution in [3.63, 3.8) is 0 Å². The number of carboxylic acid groups (broad SMARTS) is 1. The van der Waals surface area contributed by atoms with Gasteiger partial charge in [-0.3, -0.25) is 4.79 Å². The quantitative estimate of drug-likeness (QED) is 0.230. The van der Waals surface area contributed by atoms with Gasteiger partial charge in [0.2, 0.25) is 0 Å². The van der Waals surface area contributed by atoms with E-state index in [1.165, 1.54) is 30.3 Å². The highest BCUT2D eigenvalue weighted by Crippen LogP contribution is 2.42. The van der Waals surface area contributed by atoms with E-state index in [0.29, 0.717) is 51.5 Å². The van der Waals surface area contributed by atoms with Gasteiger partial charge >= 0.3 is 5.97 Å². The summed E-state index contributed by atoms with van der Waals surface area (Å²) in [6.45, 7) is 0.896. The number of phenolic OH excluding ortho intramolecular Hbond substituents is 1. The molecule has 1 aliphatic carbocycles. The molecule has 0 fully saturated rings. The van der Waals surface area contributed by atoms with Gasteiger partial charge in [-0.15, -0.1) is 0 Å². The van der Waals surface area contributed by atoms with Crippen molar-refractivity contribution in [2.75, 3.05) is 18.4 Å². The summed E-state index contributed by atoms with van der Waals surface area (Å²) in [6, 6.07) is 13.6. The number of thiocarbonyl (C=S) groups is 1. The standard InChI is InChI=1S/C23H19N3O5S/c24-7-8-25-23(32)26-12-1-4-15(22(29)30)18(9-12)21-16-5-2-13(27)10-19(16)31-20-11-14(28)3-6-17(20)21/h1-6,9-11,27H,7-8,24H2,(H,29,30)(H2,25,26,32). The predicted molar refractivity (Wildman–Crippen MR) is 126 cm³/mol. The van der Waals surface area contributed by atoms with Crippen LogP contribution in [0.4, 0.5) is 5.69 Å². The normalized spacial score (nSPS) is 10.9. The third-order valence-electron chi connectivity index (χ3n) is 4.88. The fourth-order valence-corrected chi connectivity index (χ4v) is 3.75. The maximum atomic E-state index is 12.1. The lowest BCUT2D eigenvalue weighted by Crippen LogP contribution is -2.32. The van der Waals surface area contributed by atoms with E-state index in [1.54, 1.807) is 24.3 Å². The highest BCUT2D eigenvalue weighted by Gasteiger charge is 2.22. The average Bonchev–Trinajstić information content (AvgIpc) is 2.75. The summed E-state index contributed by atoms with van der Waals surface area (Å²) in [5.41, 5.74) is 7.70. The molecule has 2 aromatic rings. The van der Waals surface area contributed by atoms with Crippen molar-refractivity contribution in [2.24, 2.45) is 5.73 Å². The Morgan fingerprint density at radius 2 is 1.88 bits per heavy atom. The second-order valence-electron chi connectivity index (χ2n) is 7.05. The summed E-state index contributed by atoms with van der Waals surface area (Å²) >= 11 is 5.26. The number of fused-ring (bicyclic) bond motifs is 2. The summed E-state index contributed by atoms with van der Waals surface area (Å²) in [6.07, 6.45) is 0. The topological polar surface area (TPSA) is 138 Å². The summed E-state index contributed by atoms with van der Waals surface area (Å²) in [7, 11) is 0. The molecule has 0 saturated carbocycles. The number of benzene rings is 3. The van der Waals surface area contributed by atoms with Gasteiger partial charge in [-0.1, -0.05) is 0 Å². The SMILES string of the molecule is NCCNC(=S)Nc1ccc(C(=O)O)c(-c2c3ccc(=O)cc-3oc3cc(O)ccc23)c1.